The van der Waals surface area contributed by atoms with E-state index >= 15 is 0 Å². The number of ketones is 1. The van der Waals surface area contributed by atoms with Gasteiger partial charge in [0.2, 0.25) is 0 Å². The number of esters is 1. The third kappa shape index (κ3) is 4.06. The van der Waals surface area contributed by atoms with Gasteiger partial charge in [0.25, 0.3) is 5.91 Å². The van der Waals surface area contributed by atoms with E-state index in [4.69, 9.17) is 4.74 Å². The van der Waals surface area contributed by atoms with E-state index < -0.39 is 24.3 Å². The first-order chi connectivity index (χ1) is 11.9. The van der Waals surface area contributed by atoms with Crippen LogP contribution in [0, 0.1) is 30.5 Å². The Labute approximate surface area is 145 Å². The molecule has 1 amide bonds. The van der Waals surface area contributed by atoms with Gasteiger partial charge in [-0.25, -0.2) is 4.39 Å². The minimum absolute atomic E-state index is 0.0412. The highest BCUT2D eigenvalue weighted by Gasteiger charge is 2.41. The predicted molar refractivity (Wildman–Crippen MR) is 89.3 cm³/mol. The zero-order chi connectivity index (χ0) is 18.0. The lowest BCUT2D eigenvalue weighted by Gasteiger charge is -2.36. The van der Waals surface area contributed by atoms with Crippen LogP contribution in [0.1, 0.15) is 37.7 Å². The molecule has 0 spiro atoms. The second-order valence-corrected chi connectivity index (χ2v) is 7.03. The van der Waals surface area contributed by atoms with Gasteiger partial charge in [-0.05, 0) is 50.3 Å². The molecule has 5 nitrogen and oxygen atoms in total. The van der Waals surface area contributed by atoms with Crippen LogP contribution in [0.3, 0.4) is 0 Å². The van der Waals surface area contributed by atoms with E-state index in [1.54, 1.807) is 13.0 Å². The topological polar surface area (TPSA) is 72.5 Å². The molecule has 0 radical (unpaired) electrons. The van der Waals surface area contributed by atoms with Crippen molar-refractivity contribution in [3.8, 4) is 0 Å². The number of nitrogens with one attached hydrogen (secondary N) is 1. The predicted octanol–water partition coefficient (Wildman–Crippen LogP) is 3.01. The van der Waals surface area contributed by atoms with Crippen LogP contribution in [-0.4, -0.2) is 24.3 Å². The molecular formula is C19H22FNO4. The lowest BCUT2D eigenvalue weighted by molar-refractivity contribution is -0.155. The summed E-state index contributed by atoms with van der Waals surface area (Å²) in [6.45, 7) is 1.30. The number of anilines is 1. The number of aryl methyl sites for hydroxylation is 1. The van der Waals surface area contributed by atoms with Crippen molar-refractivity contribution >= 4 is 23.3 Å². The van der Waals surface area contributed by atoms with E-state index in [0.717, 1.165) is 24.8 Å². The molecule has 1 N–H and O–H groups in total. The van der Waals surface area contributed by atoms with Gasteiger partial charge in [0.1, 0.15) is 11.6 Å². The van der Waals surface area contributed by atoms with E-state index in [2.05, 4.69) is 5.32 Å². The average Bonchev–Trinajstić information content (AvgIpc) is 2.55. The van der Waals surface area contributed by atoms with Gasteiger partial charge >= 0.3 is 5.97 Å². The summed E-state index contributed by atoms with van der Waals surface area (Å²) in [7, 11) is 0. The van der Waals surface area contributed by atoms with Gasteiger partial charge in [-0.3, -0.25) is 14.4 Å². The summed E-state index contributed by atoms with van der Waals surface area (Å²) in [5.41, 5.74) is 0.809. The normalized spacial score (nSPS) is 25.4. The minimum Gasteiger partial charge on any atom is -0.455 e. The molecule has 0 heterocycles. The number of ether oxygens (including phenoxy) is 1. The Kier molecular flexibility index (Phi) is 5.16. The second-order valence-electron chi connectivity index (χ2n) is 7.03. The fourth-order valence-electron chi connectivity index (χ4n) is 3.83. The van der Waals surface area contributed by atoms with E-state index in [1.807, 2.05) is 0 Å². The number of amides is 1. The number of Topliss-reactive ketones (excluding diaryl/α,β-unsaturated/α-hetero) is 1. The standard InChI is InChI=1S/C19H22FNO4/c1-11-5-6-16(15(20)7-11)21-17(22)10-25-19(24)14-8-12-3-2-4-13(9-14)18(12)23/h5-7,12-14H,2-4,8-10H2,1H3,(H,21,22)/t12-,13+,14?. The van der Waals surface area contributed by atoms with Gasteiger partial charge in [-0.15, -0.1) is 0 Å². The summed E-state index contributed by atoms with van der Waals surface area (Å²) in [4.78, 5) is 36.1. The maximum Gasteiger partial charge on any atom is 0.309 e. The van der Waals surface area contributed by atoms with Crippen LogP contribution < -0.4 is 5.32 Å². The first-order valence-electron chi connectivity index (χ1n) is 8.70. The Morgan fingerprint density at radius 2 is 1.92 bits per heavy atom. The summed E-state index contributed by atoms with van der Waals surface area (Å²) in [6.07, 6.45) is 3.75. The Morgan fingerprint density at radius 3 is 2.56 bits per heavy atom. The highest BCUT2D eigenvalue weighted by atomic mass is 19.1. The Hall–Kier alpha value is -2.24. The van der Waals surface area contributed by atoms with Crippen LogP contribution in [0.4, 0.5) is 10.1 Å². The van der Waals surface area contributed by atoms with Crippen molar-refractivity contribution in [1.29, 1.82) is 0 Å². The Morgan fingerprint density at radius 1 is 1.24 bits per heavy atom. The molecule has 2 fully saturated rings. The molecule has 0 aliphatic heterocycles. The average molecular weight is 347 g/mol. The van der Waals surface area contributed by atoms with Crippen molar-refractivity contribution in [2.45, 2.75) is 39.0 Å². The van der Waals surface area contributed by atoms with Gasteiger partial charge in [-0.1, -0.05) is 12.5 Å². The molecule has 1 aromatic carbocycles. The highest BCUT2D eigenvalue weighted by Crippen LogP contribution is 2.40. The van der Waals surface area contributed by atoms with Crippen molar-refractivity contribution in [3.63, 3.8) is 0 Å². The number of carbonyl (C=O) groups is 3. The van der Waals surface area contributed by atoms with Crippen LogP contribution in [0.15, 0.2) is 18.2 Å². The number of fused-ring (bicyclic) bond motifs is 2. The van der Waals surface area contributed by atoms with Gasteiger partial charge < -0.3 is 10.1 Å². The van der Waals surface area contributed by atoms with Crippen LogP contribution in [0.5, 0.6) is 0 Å². The van der Waals surface area contributed by atoms with Gasteiger partial charge in [0, 0.05) is 11.8 Å². The molecule has 1 unspecified atom stereocenters. The third-order valence-electron chi connectivity index (χ3n) is 5.13. The summed E-state index contributed by atoms with van der Waals surface area (Å²) in [6, 6.07) is 4.47. The third-order valence-corrected chi connectivity index (χ3v) is 5.13. The fraction of sp³-hybridized carbons (Fsp3) is 0.526. The lowest BCUT2D eigenvalue weighted by Crippen LogP contribution is -2.40. The van der Waals surface area contributed by atoms with E-state index in [9.17, 15) is 18.8 Å². The minimum atomic E-state index is -0.580. The molecule has 2 bridgehead atoms. The first kappa shape index (κ1) is 17.6. The van der Waals surface area contributed by atoms with Gasteiger partial charge in [-0.2, -0.15) is 0 Å². The largest absolute Gasteiger partial charge is 0.455 e. The molecule has 2 aliphatic rings. The molecule has 3 atom stereocenters. The quantitative estimate of drug-likeness (QED) is 0.850. The van der Waals surface area contributed by atoms with Crippen molar-refractivity contribution in [2.24, 2.45) is 17.8 Å². The maximum absolute atomic E-state index is 13.7. The number of carbonyl (C=O) groups excluding carboxylic acids is 3. The first-order valence-corrected chi connectivity index (χ1v) is 8.70. The summed E-state index contributed by atoms with van der Waals surface area (Å²) in [5.74, 6) is -1.67. The molecule has 3 rings (SSSR count). The molecule has 0 saturated heterocycles. The van der Waals surface area contributed by atoms with Crippen molar-refractivity contribution in [1.82, 2.24) is 0 Å². The molecule has 0 aromatic heterocycles. The lowest BCUT2D eigenvalue weighted by atomic mass is 9.67. The highest BCUT2D eigenvalue weighted by molar-refractivity contribution is 5.93. The molecule has 134 valence electrons. The molecule has 2 saturated carbocycles. The summed E-state index contributed by atoms with van der Waals surface area (Å²) >= 11 is 0. The number of benzene rings is 1. The summed E-state index contributed by atoms with van der Waals surface area (Å²) in [5, 5.41) is 2.40. The van der Waals surface area contributed by atoms with Crippen LogP contribution in [-0.2, 0) is 19.1 Å². The molecule has 1 aromatic rings. The number of halogens is 1. The van der Waals surface area contributed by atoms with E-state index in [0.29, 0.717) is 12.8 Å². The van der Waals surface area contributed by atoms with Crippen molar-refractivity contribution in [2.75, 3.05) is 11.9 Å². The zero-order valence-electron chi connectivity index (χ0n) is 14.2. The molecule has 2 aliphatic carbocycles. The van der Waals surface area contributed by atoms with E-state index in [1.165, 1.54) is 12.1 Å². The Bertz CT molecular complexity index is 687. The van der Waals surface area contributed by atoms with Crippen LogP contribution in [0.25, 0.3) is 0 Å². The number of rotatable bonds is 4. The maximum atomic E-state index is 13.7. The second kappa shape index (κ2) is 7.33. The van der Waals surface area contributed by atoms with Crippen LogP contribution >= 0.6 is 0 Å². The molecular weight excluding hydrogens is 325 g/mol. The zero-order valence-corrected chi connectivity index (χ0v) is 14.2. The van der Waals surface area contributed by atoms with Gasteiger partial charge in [0.15, 0.2) is 6.61 Å². The van der Waals surface area contributed by atoms with Gasteiger partial charge in [0.05, 0.1) is 11.6 Å². The van der Waals surface area contributed by atoms with Crippen molar-refractivity contribution < 1.29 is 23.5 Å². The Balaban J connectivity index is 1.50. The molecule has 25 heavy (non-hydrogen) atoms. The SMILES string of the molecule is Cc1ccc(NC(=O)COC(=O)C2C[C@H]3CCC[C@@H](C2)C3=O)c(F)c1. The monoisotopic (exact) mass is 347 g/mol. The number of hydrogen-bond donors (Lipinski definition) is 1. The smallest absolute Gasteiger partial charge is 0.309 e. The van der Waals surface area contributed by atoms with Crippen molar-refractivity contribution in [3.05, 3.63) is 29.6 Å². The summed E-state index contributed by atoms with van der Waals surface area (Å²) < 4.78 is 18.8. The van der Waals surface area contributed by atoms with E-state index in [-0.39, 0.29) is 29.2 Å². The number of hydrogen-bond acceptors (Lipinski definition) is 4. The van der Waals surface area contributed by atoms with Crippen LogP contribution in [0.2, 0.25) is 0 Å². The fourth-order valence-corrected chi connectivity index (χ4v) is 3.83. The molecule has 6 heteroatoms.